The molecule has 1 heterocycles. The van der Waals surface area contributed by atoms with Gasteiger partial charge in [-0.3, -0.25) is 14.7 Å². The second kappa shape index (κ2) is 13.2. The van der Waals surface area contributed by atoms with Crippen molar-refractivity contribution in [1.82, 2.24) is 15.2 Å². The van der Waals surface area contributed by atoms with Crippen molar-refractivity contribution >= 4 is 12.1 Å². The van der Waals surface area contributed by atoms with E-state index in [9.17, 15) is 9.59 Å². The standard InChI is InChI=1S/C23H39N3O4/c1-18(2)20(25-22(28)30-23(3,4)5)17-26(16-19-11-10-13-24-15-19)14-9-7-8-12-21(27)29-6/h10-11,13,15,18,20H,7-9,12,14,16-17H2,1-6H3,(H,25,28)/t20-/m1/s1. The molecular formula is C23H39N3O4. The molecule has 0 fully saturated rings. The van der Waals surface area contributed by atoms with Crippen molar-refractivity contribution in [3.05, 3.63) is 30.1 Å². The summed E-state index contributed by atoms with van der Waals surface area (Å²) < 4.78 is 10.1. The molecular weight excluding hydrogens is 382 g/mol. The zero-order valence-corrected chi connectivity index (χ0v) is 19.4. The molecule has 30 heavy (non-hydrogen) atoms. The summed E-state index contributed by atoms with van der Waals surface area (Å²) in [5.41, 5.74) is 0.604. The Hall–Kier alpha value is -2.15. The molecule has 0 radical (unpaired) electrons. The van der Waals surface area contributed by atoms with E-state index in [-0.39, 0.29) is 24.0 Å². The summed E-state index contributed by atoms with van der Waals surface area (Å²) >= 11 is 0. The summed E-state index contributed by atoms with van der Waals surface area (Å²) in [5.74, 6) is 0.0943. The first kappa shape index (κ1) is 25.9. The van der Waals surface area contributed by atoms with Gasteiger partial charge in [-0.1, -0.05) is 26.3 Å². The quantitative estimate of drug-likeness (QED) is 0.403. The Balaban J connectivity index is 2.70. The summed E-state index contributed by atoms with van der Waals surface area (Å²) in [6, 6.07) is 3.96. The summed E-state index contributed by atoms with van der Waals surface area (Å²) in [4.78, 5) is 30.1. The number of esters is 1. The van der Waals surface area contributed by atoms with Gasteiger partial charge in [0.25, 0.3) is 0 Å². The summed E-state index contributed by atoms with van der Waals surface area (Å²) in [5, 5.41) is 3.03. The average molecular weight is 422 g/mol. The molecule has 1 amide bonds. The molecule has 1 N–H and O–H groups in total. The Bertz CT molecular complexity index is 629. The van der Waals surface area contributed by atoms with E-state index in [2.05, 4.69) is 35.1 Å². The first-order chi connectivity index (χ1) is 14.1. The summed E-state index contributed by atoms with van der Waals surface area (Å²) in [6.07, 6.45) is 6.43. The van der Waals surface area contributed by atoms with Crippen LogP contribution in [0.4, 0.5) is 4.79 Å². The molecule has 0 bridgehead atoms. The minimum absolute atomic E-state index is 0.0356. The van der Waals surface area contributed by atoms with Crippen LogP contribution in [0.1, 0.15) is 65.9 Å². The molecule has 1 atom stereocenters. The second-order valence-corrected chi connectivity index (χ2v) is 8.98. The van der Waals surface area contributed by atoms with Gasteiger partial charge in [-0.25, -0.2) is 4.79 Å². The van der Waals surface area contributed by atoms with Crippen molar-refractivity contribution in [2.24, 2.45) is 5.92 Å². The van der Waals surface area contributed by atoms with Gasteiger partial charge in [-0.2, -0.15) is 0 Å². The van der Waals surface area contributed by atoms with Gasteiger partial charge in [-0.05, 0) is 57.7 Å². The fraction of sp³-hybridized carbons (Fsp3) is 0.696. The highest BCUT2D eigenvalue weighted by Crippen LogP contribution is 2.13. The molecule has 0 aromatic carbocycles. The minimum atomic E-state index is -0.527. The second-order valence-electron chi connectivity index (χ2n) is 8.98. The Morgan fingerprint density at radius 2 is 1.93 bits per heavy atom. The van der Waals surface area contributed by atoms with Crippen LogP contribution in [0.2, 0.25) is 0 Å². The van der Waals surface area contributed by atoms with Crippen LogP contribution in [0.3, 0.4) is 0 Å². The molecule has 0 spiro atoms. The van der Waals surface area contributed by atoms with Crippen molar-refractivity contribution in [2.45, 2.75) is 78.5 Å². The Kier molecular flexibility index (Phi) is 11.4. The van der Waals surface area contributed by atoms with E-state index in [1.54, 1.807) is 6.20 Å². The largest absolute Gasteiger partial charge is 0.469 e. The Morgan fingerprint density at radius 3 is 2.50 bits per heavy atom. The van der Waals surface area contributed by atoms with Gasteiger partial charge < -0.3 is 14.8 Å². The van der Waals surface area contributed by atoms with E-state index in [1.807, 2.05) is 33.0 Å². The van der Waals surface area contributed by atoms with E-state index in [4.69, 9.17) is 9.47 Å². The van der Waals surface area contributed by atoms with Crippen molar-refractivity contribution in [2.75, 3.05) is 20.2 Å². The molecule has 0 aliphatic heterocycles. The number of hydrogen-bond donors (Lipinski definition) is 1. The van der Waals surface area contributed by atoms with Crippen LogP contribution < -0.4 is 5.32 Å². The lowest BCUT2D eigenvalue weighted by Gasteiger charge is -2.31. The van der Waals surface area contributed by atoms with E-state index in [1.165, 1.54) is 7.11 Å². The van der Waals surface area contributed by atoms with Crippen molar-refractivity contribution in [3.8, 4) is 0 Å². The molecule has 7 nitrogen and oxygen atoms in total. The average Bonchev–Trinajstić information content (AvgIpc) is 2.66. The number of amides is 1. The van der Waals surface area contributed by atoms with Crippen molar-refractivity contribution in [1.29, 1.82) is 0 Å². The molecule has 1 aromatic heterocycles. The van der Waals surface area contributed by atoms with Crippen LogP contribution in [0.15, 0.2) is 24.5 Å². The molecule has 7 heteroatoms. The highest BCUT2D eigenvalue weighted by molar-refractivity contribution is 5.69. The van der Waals surface area contributed by atoms with E-state index in [0.717, 1.165) is 37.9 Å². The smallest absolute Gasteiger partial charge is 0.407 e. The van der Waals surface area contributed by atoms with Gasteiger partial charge in [0.2, 0.25) is 0 Å². The van der Waals surface area contributed by atoms with Crippen LogP contribution in [0, 0.1) is 5.92 Å². The SMILES string of the molecule is COC(=O)CCCCCN(Cc1cccnc1)C[C@@H](NC(=O)OC(C)(C)C)C(C)C. The molecule has 1 aromatic rings. The van der Waals surface area contributed by atoms with Crippen LogP contribution in [-0.2, 0) is 20.8 Å². The van der Waals surface area contributed by atoms with Gasteiger partial charge in [0.15, 0.2) is 0 Å². The molecule has 0 saturated carbocycles. The highest BCUT2D eigenvalue weighted by atomic mass is 16.6. The fourth-order valence-corrected chi connectivity index (χ4v) is 3.03. The Morgan fingerprint density at radius 1 is 1.20 bits per heavy atom. The Labute approximate surface area is 181 Å². The maximum Gasteiger partial charge on any atom is 0.407 e. The zero-order valence-electron chi connectivity index (χ0n) is 19.4. The fourth-order valence-electron chi connectivity index (χ4n) is 3.03. The van der Waals surface area contributed by atoms with Crippen LogP contribution in [0.5, 0.6) is 0 Å². The first-order valence-electron chi connectivity index (χ1n) is 10.8. The number of hydrogen-bond acceptors (Lipinski definition) is 6. The number of carbonyl (C=O) groups is 2. The number of alkyl carbamates (subject to hydrolysis) is 1. The number of aromatic nitrogens is 1. The topological polar surface area (TPSA) is 80.8 Å². The molecule has 0 saturated heterocycles. The molecule has 0 aliphatic rings. The summed E-state index contributed by atoms with van der Waals surface area (Å²) in [6.45, 7) is 12.1. The van der Waals surface area contributed by atoms with Gasteiger partial charge in [-0.15, -0.1) is 0 Å². The zero-order chi connectivity index (χ0) is 22.6. The number of methoxy groups -OCH3 is 1. The van der Waals surface area contributed by atoms with Gasteiger partial charge in [0.1, 0.15) is 5.60 Å². The number of nitrogens with one attached hydrogen (secondary N) is 1. The molecule has 0 unspecified atom stereocenters. The predicted octanol–water partition coefficient (Wildman–Crippen LogP) is 4.17. The van der Waals surface area contributed by atoms with Crippen LogP contribution in [-0.4, -0.2) is 53.8 Å². The third kappa shape index (κ3) is 11.8. The number of unbranched alkanes of at least 4 members (excludes halogenated alkanes) is 2. The molecule has 1 rings (SSSR count). The van der Waals surface area contributed by atoms with E-state index >= 15 is 0 Å². The van der Waals surface area contributed by atoms with Gasteiger partial charge >= 0.3 is 12.1 Å². The van der Waals surface area contributed by atoms with Gasteiger partial charge in [0.05, 0.1) is 7.11 Å². The molecule has 170 valence electrons. The number of pyridine rings is 1. The predicted molar refractivity (Wildman–Crippen MR) is 118 cm³/mol. The van der Waals surface area contributed by atoms with Crippen LogP contribution >= 0.6 is 0 Å². The lowest BCUT2D eigenvalue weighted by atomic mass is 10.0. The van der Waals surface area contributed by atoms with Crippen molar-refractivity contribution in [3.63, 3.8) is 0 Å². The number of ether oxygens (including phenoxy) is 2. The van der Waals surface area contributed by atoms with E-state index < -0.39 is 5.60 Å². The molecule has 0 aliphatic carbocycles. The third-order valence-electron chi connectivity index (χ3n) is 4.67. The maximum absolute atomic E-state index is 12.3. The van der Waals surface area contributed by atoms with E-state index in [0.29, 0.717) is 13.0 Å². The van der Waals surface area contributed by atoms with Gasteiger partial charge in [0, 0.05) is 37.9 Å². The number of carbonyl (C=O) groups excluding carboxylic acids is 2. The lowest BCUT2D eigenvalue weighted by molar-refractivity contribution is -0.140. The normalized spacial score (nSPS) is 12.7. The van der Waals surface area contributed by atoms with Crippen molar-refractivity contribution < 1.29 is 19.1 Å². The van der Waals surface area contributed by atoms with Crippen LogP contribution in [0.25, 0.3) is 0 Å². The third-order valence-corrected chi connectivity index (χ3v) is 4.67. The summed E-state index contributed by atoms with van der Waals surface area (Å²) in [7, 11) is 1.42. The number of nitrogens with zero attached hydrogens (tertiary/aromatic N) is 2. The highest BCUT2D eigenvalue weighted by Gasteiger charge is 2.23. The maximum atomic E-state index is 12.3. The first-order valence-corrected chi connectivity index (χ1v) is 10.8. The lowest BCUT2D eigenvalue weighted by Crippen LogP contribution is -2.48. The number of rotatable bonds is 12. The monoisotopic (exact) mass is 421 g/mol. The minimum Gasteiger partial charge on any atom is -0.469 e.